The molecule has 1 fully saturated rings. The Morgan fingerprint density at radius 1 is 1.37 bits per heavy atom. The Kier molecular flexibility index (Phi) is 3.89. The number of nitrogens with one attached hydrogen (secondary N) is 1. The molecule has 2 aliphatic rings. The lowest BCUT2D eigenvalue weighted by atomic mass is 10.1. The van der Waals surface area contributed by atoms with Gasteiger partial charge in [-0.2, -0.15) is 0 Å². The van der Waals surface area contributed by atoms with Crippen molar-refractivity contribution in [2.45, 2.75) is 44.6 Å². The van der Waals surface area contributed by atoms with Crippen LogP contribution in [-0.4, -0.2) is 37.0 Å². The summed E-state index contributed by atoms with van der Waals surface area (Å²) in [5, 5.41) is 3.27. The van der Waals surface area contributed by atoms with Gasteiger partial charge in [-0.25, -0.2) is 0 Å². The zero-order chi connectivity index (χ0) is 13.2. The van der Waals surface area contributed by atoms with Crippen LogP contribution in [0.2, 0.25) is 0 Å². The van der Waals surface area contributed by atoms with Crippen LogP contribution in [-0.2, 0) is 12.8 Å². The number of aryl methyl sites for hydroxylation is 2. The van der Waals surface area contributed by atoms with Crippen molar-refractivity contribution < 1.29 is 4.79 Å². The third-order valence-electron chi connectivity index (χ3n) is 4.34. The molecule has 0 bridgehead atoms. The third-order valence-corrected chi connectivity index (χ3v) is 5.57. The second kappa shape index (κ2) is 5.63. The van der Waals surface area contributed by atoms with E-state index >= 15 is 0 Å². The highest BCUT2D eigenvalue weighted by molar-refractivity contribution is 7.14. The van der Waals surface area contributed by atoms with Crippen LogP contribution in [0.1, 0.15) is 45.8 Å². The number of likely N-dealkylation sites (tertiary alicyclic amines) is 1. The first kappa shape index (κ1) is 13.1. The smallest absolute Gasteiger partial charge is 0.263 e. The summed E-state index contributed by atoms with van der Waals surface area (Å²) in [5.74, 6) is 0.246. The molecule has 1 aromatic rings. The molecule has 1 saturated heterocycles. The standard InChI is InChI=1S/C15H22N2OS/c1-16-12-7-8-17(10-12)15(18)14-9-11-5-3-2-4-6-13(11)19-14/h9,12,16H,2-8,10H2,1H3. The SMILES string of the molecule is CNC1CCN(C(=O)c2cc3c(s2)CCCCC3)C1. The van der Waals surface area contributed by atoms with Gasteiger partial charge in [-0.1, -0.05) is 6.42 Å². The average molecular weight is 278 g/mol. The Bertz CT molecular complexity index is 445. The van der Waals surface area contributed by atoms with Crippen molar-refractivity contribution in [3.05, 3.63) is 21.4 Å². The monoisotopic (exact) mass is 278 g/mol. The summed E-state index contributed by atoms with van der Waals surface area (Å²) in [5.41, 5.74) is 1.44. The minimum atomic E-state index is 0.246. The highest BCUT2D eigenvalue weighted by atomic mass is 32.1. The van der Waals surface area contributed by atoms with E-state index in [4.69, 9.17) is 0 Å². The minimum absolute atomic E-state index is 0.246. The molecular weight excluding hydrogens is 256 g/mol. The Morgan fingerprint density at radius 3 is 3.00 bits per heavy atom. The van der Waals surface area contributed by atoms with E-state index in [1.807, 2.05) is 11.9 Å². The van der Waals surface area contributed by atoms with Crippen LogP contribution in [0.5, 0.6) is 0 Å². The molecule has 0 radical (unpaired) electrons. The third kappa shape index (κ3) is 2.70. The summed E-state index contributed by atoms with van der Waals surface area (Å²) in [6, 6.07) is 2.64. The van der Waals surface area contributed by atoms with Crippen LogP contribution in [0.3, 0.4) is 0 Å². The number of nitrogens with zero attached hydrogens (tertiary/aromatic N) is 1. The molecule has 1 N–H and O–H groups in total. The second-order valence-electron chi connectivity index (χ2n) is 5.65. The fourth-order valence-corrected chi connectivity index (χ4v) is 4.33. The number of hydrogen-bond donors (Lipinski definition) is 1. The van der Waals surface area contributed by atoms with Gasteiger partial charge in [0.05, 0.1) is 4.88 Å². The largest absolute Gasteiger partial charge is 0.336 e. The van der Waals surface area contributed by atoms with Crippen LogP contribution in [0, 0.1) is 0 Å². The summed E-state index contributed by atoms with van der Waals surface area (Å²) < 4.78 is 0. The summed E-state index contributed by atoms with van der Waals surface area (Å²) in [6.45, 7) is 1.75. The normalized spacial score (nSPS) is 23.2. The fourth-order valence-electron chi connectivity index (χ4n) is 3.11. The highest BCUT2D eigenvalue weighted by Crippen LogP contribution is 2.30. The van der Waals surface area contributed by atoms with Crippen LogP contribution in [0.15, 0.2) is 6.07 Å². The van der Waals surface area contributed by atoms with E-state index in [0.717, 1.165) is 30.8 Å². The molecule has 0 saturated carbocycles. The average Bonchev–Trinajstić information content (AvgIpc) is 3.00. The Morgan fingerprint density at radius 2 is 2.21 bits per heavy atom. The molecule has 1 amide bonds. The van der Waals surface area contributed by atoms with Gasteiger partial charge in [-0.3, -0.25) is 4.79 Å². The van der Waals surface area contributed by atoms with E-state index in [1.54, 1.807) is 11.3 Å². The predicted octanol–water partition coefficient (Wildman–Crippen LogP) is 2.45. The number of fused-ring (bicyclic) bond motifs is 1. The number of amides is 1. The molecule has 1 aliphatic carbocycles. The molecule has 1 aromatic heterocycles. The van der Waals surface area contributed by atoms with Gasteiger partial charge in [-0.05, 0) is 50.8 Å². The van der Waals surface area contributed by atoms with Crippen molar-refractivity contribution in [2.24, 2.45) is 0 Å². The number of likely N-dealkylation sites (N-methyl/N-ethyl adjacent to an activating group) is 1. The summed E-state index contributed by atoms with van der Waals surface area (Å²) >= 11 is 1.74. The lowest BCUT2D eigenvalue weighted by molar-refractivity contribution is 0.0794. The minimum Gasteiger partial charge on any atom is -0.336 e. The zero-order valence-electron chi connectivity index (χ0n) is 11.6. The topological polar surface area (TPSA) is 32.3 Å². The maximum Gasteiger partial charge on any atom is 0.263 e. The first-order valence-corrected chi connectivity index (χ1v) is 8.17. The fraction of sp³-hybridized carbons (Fsp3) is 0.667. The number of rotatable bonds is 2. The van der Waals surface area contributed by atoms with E-state index in [-0.39, 0.29) is 5.91 Å². The lowest BCUT2D eigenvalue weighted by Gasteiger charge is -2.15. The van der Waals surface area contributed by atoms with Crippen molar-refractivity contribution in [1.82, 2.24) is 10.2 Å². The number of hydrogen-bond acceptors (Lipinski definition) is 3. The van der Waals surface area contributed by atoms with Gasteiger partial charge < -0.3 is 10.2 Å². The Balaban J connectivity index is 1.74. The molecular formula is C15H22N2OS. The molecule has 3 nitrogen and oxygen atoms in total. The van der Waals surface area contributed by atoms with Crippen LogP contribution >= 0.6 is 11.3 Å². The Labute approximate surface area is 119 Å². The van der Waals surface area contributed by atoms with Crippen molar-refractivity contribution in [1.29, 1.82) is 0 Å². The molecule has 104 valence electrons. The van der Waals surface area contributed by atoms with E-state index in [2.05, 4.69) is 11.4 Å². The first-order valence-electron chi connectivity index (χ1n) is 7.36. The van der Waals surface area contributed by atoms with E-state index < -0.39 is 0 Å². The van der Waals surface area contributed by atoms with Gasteiger partial charge in [0, 0.05) is 24.0 Å². The maximum atomic E-state index is 12.5. The lowest BCUT2D eigenvalue weighted by Crippen LogP contribution is -2.33. The highest BCUT2D eigenvalue weighted by Gasteiger charge is 2.27. The molecule has 1 aliphatic heterocycles. The van der Waals surface area contributed by atoms with Gasteiger partial charge in [0.2, 0.25) is 0 Å². The number of carbonyl (C=O) groups excluding carboxylic acids is 1. The second-order valence-corrected chi connectivity index (χ2v) is 6.78. The van der Waals surface area contributed by atoms with Gasteiger partial charge in [0.15, 0.2) is 0 Å². The van der Waals surface area contributed by atoms with Crippen molar-refractivity contribution in [3.63, 3.8) is 0 Å². The summed E-state index contributed by atoms with van der Waals surface area (Å²) in [7, 11) is 1.98. The number of thiophene rings is 1. The predicted molar refractivity (Wildman–Crippen MR) is 78.9 cm³/mol. The number of carbonyl (C=O) groups is 1. The van der Waals surface area contributed by atoms with Gasteiger partial charge >= 0.3 is 0 Å². The molecule has 2 heterocycles. The Hall–Kier alpha value is -0.870. The van der Waals surface area contributed by atoms with Crippen molar-refractivity contribution >= 4 is 17.2 Å². The van der Waals surface area contributed by atoms with Crippen LogP contribution in [0.25, 0.3) is 0 Å². The molecule has 3 rings (SSSR count). The molecule has 19 heavy (non-hydrogen) atoms. The molecule has 0 aromatic carbocycles. The van der Waals surface area contributed by atoms with Crippen molar-refractivity contribution in [2.75, 3.05) is 20.1 Å². The summed E-state index contributed by atoms with van der Waals surface area (Å²) in [6.07, 6.45) is 7.31. The molecule has 1 unspecified atom stereocenters. The maximum absolute atomic E-state index is 12.5. The summed E-state index contributed by atoms with van der Waals surface area (Å²) in [4.78, 5) is 17.0. The molecule has 1 atom stereocenters. The van der Waals surface area contributed by atoms with Gasteiger partial charge in [-0.15, -0.1) is 11.3 Å². The zero-order valence-corrected chi connectivity index (χ0v) is 12.4. The van der Waals surface area contributed by atoms with Gasteiger partial charge in [0.1, 0.15) is 0 Å². The van der Waals surface area contributed by atoms with Gasteiger partial charge in [0.25, 0.3) is 5.91 Å². The van der Waals surface area contributed by atoms with Crippen LogP contribution in [0.4, 0.5) is 0 Å². The van der Waals surface area contributed by atoms with Crippen LogP contribution < -0.4 is 5.32 Å². The quantitative estimate of drug-likeness (QED) is 0.843. The van der Waals surface area contributed by atoms with Crippen molar-refractivity contribution in [3.8, 4) is 0 Å². The van der Waals surface area contributed by atoms with E-state index in [0.29, 0.717) is 6.04 Å². The molecule has 0 spiro atoms. The molecule has 4 heteroatoms. The first-order chi connectivity index (χ1) is 9.28. The van der Waals surface area contributed by atoms with E-state index in [9.17, 15) is 4.79 Å². The van der Waals surface area contributed by atoms with E-state index in [1.165, 1.54) is 36.1 Å².